The van der Waals surface area contributed by atoms with Crippen molar-refractivity contribution in [2.45, 2.75) is 20.3 Å². The van der Waals surface area contributed by atoms with Crippen LogP contribution in [0.3, 0.4) is 0 Å². The van der Waals surface area contributed by atoms with Gasteiger partial charge in [-0.05, 0) is 30.7 Å². The summed E-state index contributed by atoms with van der Waals surface area (Å²) in [5.41, 5.74) is 4.36. The summed E-state index contributed by atoms with van der Waals surface area (Å²) in [6.07, 6.45) is 0.359. The van der Waals surface area contributed by atoms with E-state index in [2.05, 4.69) is 10.3 Å². The Bertz CT molecular complexity index is 805. The molecule has 21 heavy (non-hydrogen) atoms. The van der Waals surface area contributed by atoms with E-state index in [9.17, 15) is 4.79 Å². The van der Waals surface area contributed by atoms with Gasteiger partial charge in [-0.25, -0.2) is 4.98 Å². The van der Waals surface area contributed by atoms with E-state index < -0.39 is 0 Å². The number of aromatic nitrogens is 1. The molecule has 0 aliphatic rings. The van der Waals surface area contributed by atoms with Gasteiger partial charge in [-0.1, -0.05) is 29.8 Å². The second-order valence-electron chi connectivity index (χ2n) is 5.13. The van der Waals surface area contributed by atoms with E-state index in [4.69, 9.17) is 4.42 Å². The molecule has 1 heterocycles. The van der Waals surface area contributed by atoms with Crippen LogP contribution in [0.25, 0.3) is 11.1 Å². The van der Waals surface area contributed by atoms with Crippen molar-refractivity contribution in [3.05, 3.63) is 59.5 Å². The number of oxazole rings is 1. The van der Waals surface area contributed by atoms with Gasteiger partial charge in [0.15, 0.2) is 11.5 Å². The first kappa shape index (κ1) is 13.4. The predicted molar refractivity (Wildman–Crippen MR) is 82.3 cm³/mol. The van der Waals surface area contributed by atoms with Crippen molar-refractivity contribution >= 4 is 22.7 Å². The topological polar surface area (TPSA) is 55.1 Å². The van der Waals surface area contributed by atoms with E-state index in [1.807, 2.05) is 49.4 Å². The van der Waals surface area contributed by atoms with E-state index >= 15 is 0 Å². The maximum absolute atomic E-state index is 12.1. The summed E-state index contributed by atoms with van der Waals surface area (Å²) < 4.78 is 5.41. The molecule has 106 valence electrons. The first-order valence-corrected chi connectivity index (χ1v) is 6.83. The van der Waals surface area contributed by atoms with Crippen LogP contribution in [0.2, 0.25) is 0 Å². The zero-order valence-electron chi connectivity index (χ0n) is 12.0. The van der Waals surface area contributed by atoms with E-state index in [0.29, 0.717) is 12.3 Å². The highest BCUT2D eigenvalue weighted by Gasteiger charge is 2.07. The summed E-state index contributed by atoms with van der Waals surface area (Å²) in [6.45, 7) is 3.82. The number of carbonyl (C=O) groups excluding carboxylic acids is 1. The first-order chi connectivity index (χ1) is 10.1. The summed E-state index contributed by atoms with van der Waals surface area (Å²) in [6, 6.07) is 13.4. The second kappa shape index (κ2) is 5.40. The number of carbonyl (C=O) groups is 1. The molecule has 1 amide bonds. The summed E-state index contributed by atoms with van der Waals surface area (Å²) in [5.74, 6) is 0.577. The Labute approximate surface area is 122 Å². The van der Waals surface area contributed by atoms with Crippen molar-refractivity contribution in [1.82, 2.24) is 4.98 Å². The van der Waals surface area contributed by atoms with Crippen LogP contribution >= 0.6 is 0 Å². The standard InChI is InChI=1S/C17H16N2O2/c1-11-4-3-5-13(8-11)9-17(20)19-14-6-7-16-15(10-14)18-12(2)21-16/h3-8,10H,9H2,1-2H3,(H,19,20). The van der Waals surface area contributed by atoms with E-state index in [0.717, 1.165) is 27.9 Å². The highest BCUT2D eigenvalue weighted by Crippen LogP contribution is 2.19. The summed E-state index contributed by atoms with van der Waals surface area (Å²) in [7, 11) is 0. The van der Waals surface area contributed by atoms with E-state index in [1.54, 1.807) is 6.92 Å². The third-order valence-corrected chi connectivity index (χ3v) is 3.23. The van der Waals surface area contributed by atoms with E-state index in [1.165, 1.54) is 0 Å². The predicted octanol–water partition coefficient (Wildman–Crippen LogP) is 3.63. The monoisotopic (exact) mass is 280 g/mol. The number of fused-ring (bicyclic) bond motifs is 1. The number of nitrogens with one attached hydrogen (secondary N) is 1. The molecule has 0 aliphatic heterocycles. The molecule has 0 bridgehead atoms. The van der Waals surface area contributed by atoms with Crippen molar-refractivity contribution in [2.75, 3.05) is 5.32 Å². The molecule has 0 unspecified atom stereocenters. The number of benzene rings is 2. The van der Waals surface area contributed by atoms with Gasteiger partial charge in [-0.15, -0.1) is 0 Å². The van der Waals surface area contributed by atoms with Crippen LogP contribution in [0, 0.1) is 13.8 Å². The van der Waals surface area contributed by atoms with Crippen LogP contribution < -0.4 is 5.32 Å². The molecule has 3 aromatic rings. The summed E-state index contributed by atoms with van der Waals surface area (Å²) in [4.78, 5) is 16.3. The zero-order valence-corrected chi connectivity index (χ0v) is 12.0. The normalized spacial score (nSPS) is 10.8. The Kier molecular flexibility index (Phi) is 3.44. The number of hydrogen-bond donors (Lipinski definition) is 1. The van der Waals surface area contributed by atoms with E-state index in [-0.39, 0.29) is 5.91 Å². The van der Waals surface area contributed by atoms with Gasteiger partial charge < -0.3 is 9.73 Å². The Hall–Kier alpha value is -2.62. The third kappa shape index (κ3) is 3.11. The number of amides is 1. The summed E-state index contributed by atoms with van der Waals surface area (Å²) >= 11 is 0. The Morgan fingerprint density at radius 2 is 2.05 bits per heavy atom. The smallest absolute Gasteiger partial charge is 0.228 e. The molecule has 1 N–H and O–H groups in total. The number of nitrogens with zero attached hydrogens (tertiary/aromatic N) is 1. The molecule has 0 saturated heterocycles. The van der Waals surface area contributed by atoms with Gasteiger partial charge >= 0.3 is 0 Å². The molecular formula is C17H16N2O2. The highest BCUT2D eigenvalue weighted by atomic mass is 16.3. The van der Waals surface area contributed by atoms with Crippen LogP contribution in [-0.4, -0.2) is 10.9 Å². The Morgan fingerprint density at radius 3 is 2.86 bits per heavy atom. The van der Waals surface area contributed by atoms with Gasteiger partial charge in [-0.3, -0.25) is 4.79 Å². The lowest BCUT2D eigenvalue weighted by Gasteiger charge is -2.05. The first-order valence-electron chi connectivity index (χ1n) is 6.83. The average molecular weight is 280 g/mol. The largest absolute Gasteiger partial charge is 0.441 e. The fourth-order valence-electron chi connectivity index (χ4n) is 2.33. The van der Waals surface area contributed by atoms with Crippen LogP contribution in [-0.2, 0) is 11.2 Å². The quantitative estimate of drug-likeness (QED) is 0.797. The van der Waals surface area contributed by atoms with Crippen LogP contribution in [0.15, 0.2) is 46.9 Å². The highest BCUT2D eigenvalue weighted by molar-refractivity contribution is 5.94. The van der Waals surface area contributed by atoms with Gasteiger partial charge in [-0.2, -0.15) is 0 Å². The minimum atomic E-state index is -0.0415. The summed E-state index contributed by atoms with van der Waals surface area (Å²) in [5, 5.41) is 2.89. The molecule has 0 radical (unpaired) electrons. The van der Waals surface area contributed by atoms with Crippen molar-refractivity contribution in [3.63, 3.8) is 0 Å². The molecular weight excluding hydrogens is 264 g/mol. The molecule has 1 aromatic heterocycles. The number of anilines is 1. The minimum Gasteiger partial charge on any atom is -0.441 e. The third-order valence-electron chi connectivity index (χ3n) is 3.23. The van der Waals surface area contributed by atoms with Crippen molar-refractivity contribution < 1.29 is 9.21 Å². The van der Waals surface area contributed by atoms with Gasteiger partial charge in [0.05, 0.1) is 6.42 Å². The number of rotatable bonds is 3. The Balaban J connectivity index is 1.73. The van der Waals surface area contributed by atoms with Crippen molar-refractivity contribution in [3.8, 4) is 0 Å². The van der Waals surface area contributed by atoms with Crippen molar-refractivity contribution in [2.24, 2.45) is 0 Å². The number of hydrogen-bond acceptors (Lipinski definition) is 3. The lowest BCUT2D eigenvalue weighted by molar-refractivity contribution is -0.115. The van der Waals surface area contributed by atoms with Gasteiger partial charge in [0.25, 0.3) is 0 Å². The van der Waals surface area contributed by atoms with Crippen LogP contribution in [0.1, 0.15) is 17.0 Å². The molecule has 4 nitrogen and oxygen atoms in total. The van der Waals surface area contributed by atoms with Crippen LogP contribution in [0.4, 0.5) is 5.69 Å². The zero-order chi connectivity index (χ0) is 14.8. The molecule has 0 fully saturated rings. The fourth-order valence-corrected chi connectivity index (χ4v) is 2.33. The molecule has 2 aromatic carbocycles. The number of aryl methyl sites for hydroxylation is 2. The van der Waals surface area contributed by atoms with Gasteiger partial charge in [0, 0.05) is 12.6 Å². The minimum absolute atomic E-state index is 0.0415. The molecule has 0 spiro atoms. The molecule has 0 saturated carbocycles. The molecule has 4 heteroatoms. The van der Waals surface area contributed by atoms with Gasteiger partial charge in [0.1, 0.15) is 5.52 Å². The molecule has 3 rings (SSSR count). The lowest BCUT2D eigenvalue weighted by Crippen LogP contribution is -2.14. The van der Waals surface area contributed by atoms with Crippen LogP contribution in [0.5, 0.6) is 0 Å². The van der Waals surface area contributed by atoms with Gasteiger partial charge in [0.2, 0.25) is 5.91 Å². The van der Waals surface area contributed by atoms with Crippen molar-refractivity contribution in [1.29, 1.82) is 0 Å². The maximum Gasteiger partial charge on any atom is 0.228 e. The molecule has 0 aliphatic carbocycles. The SMILES string of the molecule is Cc1cccc(CC(=O)Nc2ccc3oc(C)nc3c2)c1. The average Bonchev–Trinajstić information content (AvgIpc) is 2.78. The fraction of sp³-hybridized carbons (Fsp3) is 0.176. The molecule has 0 atom stereocenters. The Morgan fingerprint density at radius 1 is 1.19 bits per heavy atom. The maximum atomic E-state index is 12.1. The lowest BCUT2D eigenvalue weighted by atomic mass is 10.1. The second-order valence-corrected chi connectivity index (χ2v) is 5.13.